The SMILES string of the molecule is CC(C)Cn1ncnc1COc1ccc(CC(N)=S)cc1. The Hall–Kier alpha value is -1.95. The summed E-state index contributed by atoms with van der Waals surface area (Å²) >= 11 is 4.89. The summed E-state index contributed by atoms with van der Waals surface area (Å²) in [5.74, 6) is 2.14. The van der Waals surface area contributed by atoms with E-state index in [1.165, 1.54) is 0 Å². The van der Waals surface area contributed by atoms with Crippen LogP contribution in [0.4, 0.5) is 0 Å². The van der Waals surface area contributed by atoms with E-state index >= 15 is 0 Å². The molecule has 0 aliphatic rings. The second-order valence-corrected chi connectivity index (χ2v) is 5.85. The van der Waals surface area contributed by atoms with Gasteiger partial charge in [0.2, 0.25) is 0 Å². The molecular formula is C15H20N4OS. The summed E-state index contributed by atoms with van der Waals surface area (Å²) < 4.78 is 7.63. The second kappa shape index (κ2) is 7.17. The Morgan fingerprint density at radius 3 is 2.67 bits per heavy atom. The van der Waals surface area contributed by atoms with Crippen molar-refractivity contribution in [3.63, 3.8) is 0 Å². The third kappa shape index (κ3) is 4.82. The first kappa shape index (κ1) is 15.4. The minimum Gasteiger partial charge on any atom is -0.486 e. The Morgan fingerprint density at radius 1 is 1.33 bits per heavy atom. The number of ether oxygens (including phenoxy) is 1. The van der Waals surface area contributed by atoms with Crippen molar-refractivity contribution in [2.24, 2.45) is 11.7 Å². The number of nitrogens with two attached hydrogens (primary N) is 1. The van der Waals surface area contributed by atoms with Crippen LogP contribution in [-0.2, 0) is 19.6 Å². The van der Waals surface area contributed by atoms with Gasteiger partial charge < -0.3 is 10.5 Å². The molecule has 0 radical (unpaired) electrons. The van der Waals surface area contributed by atoms with E-state index in [0.717, 1.165) is 23.7 Å². The van der Waals surface area contributed by atoms with Gasteiger partial charge in [-0.25, -0.2) is 9.67 Å². The highest BCUT2D eigenvalue weighted by Crippen LogP contribution is 2.14. The summed E-state index contributed by atoms with van der Waals surface area (Å²) in [6, 6.07) is 7.76. The lowest BCUT2D eigenvalue weighted by molar-refractivity contribution is 0.282. The Morgan fingerprint density at radius 2 is 2.05 bits per heavy atom. The average molecular weight is 304 g/mol. The molecule has 2 aromatic rings. The van der Waals surface area contributed by atoms with Gasteiger partial charge in [0.1, 0.15) is 18.7 Å². The number of rotatable bonds is 7. The Bertz CT molecular complexity index is 592. The predicted molar refractivity (Wildman–Crippen MR) is 86.1 cm³/mol. The average Bonchev–Trinajstić information content (AvgIpc) is 2.84. The maximum absolute atomic E-state index is 5.75. The van der Waals surface area contributed by atoms with Crippen LogP contribution < -0.4 is 10.5 Å². The quantitative estimate of drug-likeness (QED) is 0.795. The van der Waals surface area contributed by atoms with Crippen molar-refractivity contribution in [1.29, 1.82) is 0 Å². The molecule has 0 atom stereocenters. The normalized spacial score (nSPS) is 10.8. The van der Waals surface area contributed by atoms with Gasteiger partial charge >= 0.3 is 0 Å². The molecular weight excluding hydrogens is 284 g/mol. The van der Waals surface area contributed by atoms with E-state index in [-0.39, 0.29) is 0 Å². The molecule has 0 saturated heterocycles. The van der Waals surface area contributed by atoms with Crippen LogP contribution >= 0.6 is 12.2 Å². The predicted octanol–water partition coefficient (Wildman–Crippen LogP) is 2.34. The van der Waals surface area contributed by atoms with E-state index in [4.69, 9.17) is 22.7 Å². The molecule has 0 aliphatic carbocycles. The summed E-state index contributed by atoms with van der Waals surface area (Å²) in [4.78, 5) is 4.73. The lowest BCUT2D eigenvalue weighted by Gasteiger charge is -2.10. The van der Waals surface area contributed by atoms with Crippen molar-refractivity contribution in [3.8, 4) is 5.75 Å². The zero-order chi connectivity index (χ0) is 15.2. The topological polar surface area (TPSA) is 66.0 Å². The van der Waals surface area contributed by atoms with Crippen LogP contribution in [0, 0.1) is 5.92 Å². The van der Waals surface area contributed by atoms with Crippen molar-refractivity contribution in [2.75, 3.05) is 0 Å². The van der Waals surface area contributed by atoms with Gasteiger partial charge in [0.15, 0.2) is 5.82 Å². The lowest BCUT2D eigenvalue weighted by atomic mass is 10.1. The van der Waals surface area contributed by atoms with Crippen molar-refractivity contribution >= 4 is 17.2 Å². The van der Waals surface area contributed by atoms with Gasteiger partial charge in [-0.05, 0) is 23.6 Å². The van der Waals surface area contributed by atoms with Crippen LogP contribution in [0.1, 0.15) is 25.2 Å². The summed E-state index contributed by atoms with van der Waals surface area (Å²) in [5.41, 5.74) is 6.61. The molecule has 1 aromatic heterocycles. The lowest BCUT2D eigenvalue weighted by Crippen LogP contribution is -2.12. The van der Waals surface area contributed by atoms with Crippen LogP contribution in [-0.4, -0.2) is 19.8 Å². The van der Waals surface area contributed by atoms with Gasteiger partial charge in [-0.1, -0.05) is 38.2 Å². The van der Waals surface area contributed by atoms with E-state index in [2.05, 4.69) is 23.9 Å². The van der Waals surface area contributed by atoms with Crippen LogP contribution in [0.5, 0.6) is 5.75 Å². The summed E-state index contributed by atoms with van der Waals surface area (Å²) in [6.07, 6.45) is 2.17. The molecule has 0 bridgehead atoms. The third-order valence-corrected chi connectivity index (χ3v) is 3.05. The van der Waals surface area contributed by atoms with Crippen molar-refractivity contribution in [1.82, 2.24) is 14.8 Å². The highest BCUT2D eigenvalue weighted by Gasteiger charge is 2.07. The largest absolute Gasteiger partial charge is 0.486 e. The minimum atomic E-state index is 0.404. The third-order valence-electron chi connectivity index (χ3n) is 2.90. The first-order valence-corrected chi connectivity index (χ1v) is 7.32. The van der Waals surface area contributed by atoms with Gasteiger partial charge in [0.05, 0.1) is 4.99 Å². The highest BCUT2D eigenvalue weighted by molar-refractivity contribution is 7.80. The fraction of sp³-hybridized carbons (Fsp3) is 0.400. The van der Waals surface area contributed by atoms with Crippen LogP contribution in [0.2, 0.25) is 0 Å². The Labute approximate surface area is 130 Å². The molecule has 0 amide bonds. The fourth-order valence-corrected chi connectivity index (χ4v) is 2.12. The van der Waals surface area contributed by atoms with E-state index in [1.54, 1.807) is 6.33 Å². The van der Waals surface area contributed by atoms with Gasteiger partial charge in [-0.3, -0.25) is 0 Å². The second-order valence-electron chi connectivity index (χ2n) is 5.33. The number of hydrogen-bond donors (Lipinski definition) is 1. The zero-order valence-electron chi connectivity index (χ0n) is 12.3. The molecule has 1 heterocycles. The first-order valence-electron chi connectivity index (χ1n) is 6.91. The Balaban J connectivity index is 1.94. The van der Waals surface area contributed by atoms with E-state index in [1.807, 2.05) is 28.9 Å². The van der Waals surface area contributed by atoms with Crippen LogP contribution in [0.25, 0.3) is 0 Å². The molecule has 6 heteroatoms. The van der Waals surface area contributed by atoms with Crippen LogP contribution in [0.3, 0.4) is 0 Å². The van der Waals surface area contributed by atoms with Crippen LogP contribution in [0.15, 0.2) is 30.6 Å². The first-order chi connectivity index (χ1) is 10.0. The maximum Gasteiger partial charge on any atom is 0.164 e. The van der Waals surface area contributed by atoms with Crippen molar-refractivity contribution in [3.05, 3.63) is 42.0 Å². The number of hydrogen-bond acceptors (Lipinski definition) is 4. The molecule has 0 unspecified atom stereocenters. The van der Waals surface area contributed by atoms with E-state index in [0.29, 0.717) is 23.9 Å². The van der Waals surface area contributed by atoms with E-state index < -0.39 is 0 Å². The molecule has 0 spiro atoms. The molecule has 1 aromatic carbocycles. The monoisotopic (exact) mass is 304 g/mol. The number of thiocarbonyl (C=S) groups is 1. The highest BCUT2D eigenvalue weighted by atomic mass is 32.1. The molecule has 5 nitrogen and oxygen atoms in total. The maximum atomic E-state index is 5.75. The number of aromatic nitrogens is 3. The van der Waals surface area contributed by atoms with Crippen molar-refractivity contribution in [2.45, 2.75) is 33.4 Å². The van der Waals surface area contributed by atoms with Gasteiger partial charge in [-0.15, -0.1) is 0 Å². The number of benzene rings is 1. The van der Waals surface area contributed by atoms with E-state index in [9.17, 15) is 0 Å². The molecule has 0 fully saturated rings. The minimum absolute atomic E-state index is 0.404. The molecule has 2 rings (SSSR count). The van der Waals surface area contributed by atoms with Gasteiger partial charge in [-0.2, -0.15) is 5.10 Å². The van der Waals surface area contributed by atoms with Gasteiger partial charge in [0.25, 0.3) is 0 Å². The Kier molecular flexibility index (Phi) is 5.27. The summed E-state index contributed by atoms with van der Waals surface area (Å²) in [5, 5.41) is 4.21. The molecule has 112 valence electrons. The van der Waals surface area contributed by atoms with Crippen molar-refractivity contribution < 1.29 is 4.74 Å². The summed E-state index contributed by atoms with van der Waals surface area (Å²) in [7, 11) is 0. The molecule has 21 heavy (non-hydrogen) atoms. The molecule has 0 saturated carbocycles. The molecule has 0 aliphatic heterocycles. The summed E-state index contributed by atoms with van der Waals surface area (Å²) in [6.45, 7) is 5.53. The fourth-order valence-electron chi connectivity index (χ4n) is 1.95. The molecule has 2 N–H and O–H groups in total. The van der Waals surface area contributed by atoms with Gasteiger partial charge in [0, 0.05) is 13.0 Å². The standard InChI is InChI=1S/C15H20N4OS/c1-11(2)8-19-15(17-10-18-19)9-20-13-5-3-12(4-6-13)7-14(16)21/h3-6,10-11H,7-9H2,1-2H3,(H2,16,21). The zero-order valence-corrected chi connectivity index (χ0v) is 13.1. The number of nitrogens with zero attached hydrogens (tertiary/aromatic N) is 3. The smallest absolute Gasteiger partial charge is 0.164 e.